The van der Waals surface area contributed by atoms with Crippen molar-refractivity contribution in [3.8, 4) is 11.3 Å². The van der Waals surface area contributed by atoms with E-state index in [2.05, 4.69) is 15.3 Å². The molecule has 0 fully saturated rings. The van der Waals surface area contributed by atoms with Gasteiger partial charge in [0.1, 0.15) is 17.3 Å². The van der Waals surface area contributed by atoms with E-state index in [0.717, 1.165) is 28.0 Å². The van der Waals surface area contributed by atoms with E-state index in [0.29, 0.717) is 12.3 Å². The molecule has 25 heavy (non-hydrogen) atoms. The highest BCUT2D eigenvalue weighted by atomic mass is 35.5. The number of rotatable bonds is 4. The van der Waals surface area contributed by atoms with Crippen molar-refractivity contribution in [2.45, 2.75) is 6.54 Å². The third-order valence-electron chi connectivity index (χ3n) is 3.77. The molecule has 0 aliphatic heterocycles. The number of furan rings is 1. The molecule has 0 radical (unpaired) electrons. The van der Waals surface area contributed by atoms with Crippen LogP contribution in [0.3, 0.4) is 0 Å². The molecular formula is C18H15ClFN3O2. The van der Waals surface area contributed by atoms with Crippen LogP contribution >= 0.6 is 12.4 Å². The Kier molecular flexibility index (Phi) is 4.63. The van der Waals surface area contributed by atoms with Gasteiger partial charge in [0.15, 0.2) is 0 Å². The lowest BCUT2D eigenvalue weighted by molar-refractivity contribution is 0.531. The molecule has 4 rings (SSSR count). The molecule has 0 atom stereocenters. The van der Waals surface area contributed by atoms with Crippen LogP contribution in [0.15, 0.2) is 63.8 Å². The zero-order valence-corrected chi connectivity index (χ0v) is 13.8. The number of benzene rings is 2. The maximum absolute atomic E-state index is 13.0. The van der Waals surface area contributed by atoms with Crippen molar-refractivity contribution in [2.75, 3.05) is 5.32 Å². The minimum atomic E-state index is -0.273. The number of halogens is 2. The molecule has 0 saturated carbocycles. The van der Waals surface area contributed by atoms with Crippen molar-refractivity contribution < 1.29 is 8.81 Å². The molecule has 0 unspecified atom stereocenters. The first-order valence-electron chi connectivity index (χ1n) is 7.48. The van der Waals surface area contributed by atoms with Gasteiger partial charge >= 0.3 is 5.69 Å². The number of nitrogens with one attached hydrogen (secondary N) is 3. The first kappa shape index (κ1) is 16.9. The first-order chi connectivity index (χ1) is 11.7. The highest BCUT2D eigenvalue weighted by Crippen LogP contribution is 2.23. The van der Waals surface area contributed by atoms with Gasteiger partial charge in [-0.05, 0) is 54.6 Å². The predicted octanol–water partition coefficient (Wildman–Crippen LogP) is 4.29. The van der Waals surface area contributed by atoms with Crippen molar-refractivity contribution >= 4 is 29.1 Å². The number of H-pyrrole nitrogens is 2. The van der Waals surface area contributed by atoms with Crippen LogP contribution in [0.5, 0.6) is 0 Å². The van der Waals surface area contributed by atoms with E-state index in [-0.39, 0.29) is 23.9 Å². The third kappa shape index (κ3) is 3.59. The Hall–Kier alpha value is -2.99. The second-order valence-electron chi connectivity index (χ2n) is 5.47. The summed E-state index contributed by atoms with van der Waals surface area (Å²) in [6.07, 6.45) is 0. The number of aromatic amines is 2. The number of imidazole rings is 1. The molecule has 5 nitrogen and oxygen atoms in total. The van der Waals surface area contributed by atoms with Crippen molar-refractivity contribution in [2.24, 2.45) is 0 Å². The summed E-state index contributed by atoms with van der Waals surface area (Å²) >= 11 is 0. The SMILES string of the molecule is Cl.O=c1[nH]c2ccc(NCc3ccc(-c4ccc(F)cc4)o3)cc2[nH]1. The molecule has 0 aliphatic rings. The molecule has 4 aromatic rings. The lowest BCUT2D eigenvalue weighted by Gasteiger charge is -2.04. The average molecular weight is 360 g/mol. The summed E-state index contributed by atoms with van der Waals surface area (Å²) in [6, 6.07) is 15.5. The van der Waals surface area contributed by atoms with Crippen molar-refractivity contribution in [3.05, 3.63) is 76.7 Å². The van der Waals surface area contributed by atoms with Gasteiger partial charge in [0.2, 0.25) is 0 Å². The largest absolute Gasteiger partial charge is 0.459 e. The maximum atomic E-state index is 13.0. The molecule has 2 heterocycles. The van der Waals surface area contributed by atoms with E-state index >= 15 is 0 Å². The fourth-order valence-electron chi connectivity index (χ4n) is 2.57. The minimum absolute atomic E-state index is 0. The first-order valence-corrected chi connectivity index (χ1v) is 7.48. The number of aromatic nitrogens is 2. The van der Waals surface area contributed by atoms with Crippen LogP contribution in [0, 0.1) is 5.82 Å². The van der Waals surface area contributed by atoms with Crippen LogP contribution in [-0.4, -0.2) is 9.97 Å². The lowest BCUT2D eigenvalue weighted by Crippen LogP contribution is -1.99. The second-order valence-corrected chi connectivity index (χ2v) is 5.47. The van der Waals surface area contributed by atoms with Crippen molar-refractivity contribution in [3.63, 3.8) is 0 Å². The summed E-state index contributed by atoms with van der Waals surface area (Å²) in [6.45, 7) is 0.501. The monoisotopic (exact) mass is 359 g/mol. The molecule has 3 N–H and O–H groups in total. The van der Waals surface area contributed by atoms with Gasteiger partial charge in [0.05, 0.1) is 17.6 Å². The highest BCUT2D eigenvalue weighted by Gasteiger charge is 2.06. The van der Waals surface area contributed by atoms with Crippen molar-refractivity contribution in [1.29, 1.82) is 0 Å². The molecule has 0 saturated heterocycles. The molecule has 2 aromatic heterocycles. The number of anilines is 1. The van der Waals surface area contributed by atoms with Crippen LogP contribution in [0.2, 0.25) is 0 Å². The topological polar surface area (TPSA) is 73.8 Å². The Morgan fingerprint density at radius 2 is 1.72 bits per heavy atom. The molecule has 7 heteroatoms. The Bertz CT molecular complexity index is 1050. The fraction of sp³-hybridized carbons (Fsp3) is 0.0556. The Balaban J connectivity index is 0.00000182. The average Bonchev–Trinajstić information content (AvgIpc) is 3.18. The Morgan fingerprint density at radius 3 is 2.52 bits per heavy atom. The summed E-state index contributed by atoms with van der Waals surface area (Å²) in [4.78, 5) is 16.7. The quantitative estimate of drug-likeness (QED) is 0.509. The van der Waals surface area contributed by atoms with Gasteiger partial charge in [0, 0.05) is 11.3 Å². The van der Waals surface area contributed by atoms with Crippen LogP contribution in [0.1, 0.15) is 5.76 Å². The third-order valence-corrected chi connectivity index (χ3v) is 3.77. The van der Waals surface area contributed by atoms with Gasteiger partial charge in [-0.3, -0.25) is 0 Å². The second kappa shape index (κ2) is 6.86. The van der Waals surface area contributed by atoms with E-state index in [1.807, 2.05) is 30.3 Å². The smallest absolute Gasteiger partial charge is 0.323 e. The van der Waals surface area contributed by atoms with Crippen molar-refractivity contribution in [1.82, 2.24) is 9.97 Å². The Morgan fingerprint density at radius 1 is 0.960 bits per heavy atom. The molecular weight excluding hydrogens is 345 g/mol. The van der Waals surface area contributed by atoms with E-state index in [9.17, 15) is 9.18 Å². The highest BCUT2D eigenvalue weighted by molar-refractivity contribution is 5.85. The van der Waals surface area contributed by atoms with E-state index in [4.69, 9.17) is 4.42 Å². The number of hydrogen-bond donors (Lipinski definition) is 3. The van der Waals surface area contributed by atoms with Crippen LogP contribution in [0.25, 0.3) is 22.4 Å². The van der Waals surface area contributed by atoms with Gasteiger partial charge in [-0.2, -0.15) is 0 Å². The van der Waals surface area contributed by atoms with Crippen LogP contribution < -0.4 is 11.0 Å². The summed E-state index contributed by atoms with van der Waals surface area (Å²) in [5, 5.41) is 3.25. The van der Waals surface area contributed by atoms with Gasteiger partial charge < -0.3 is 19.7 Å². The zero-order valence-electron chi connectivity index (χ0n) is 13.0. The normalized spacial score (nSPS) is 10.6. The zero-order chi connectivity index (χ0) is 16.5. The predicted molar refractivity (Wildman–Crippen MR) is 97.6 cm³/mol. The summed E-state index contributed by atoms with van der Waals surface area (Å²) < 4.78 is 18.7. The maximum Gasteiger partial charge on any atom is 0.323 e. The molecule has 0 aliphatic carbocycles. The van der Waals surface area contributed by atoms with Gasteiger partial charge in [0.25, 0.3) is 0 Å². The van der Waals surface area contributed by atoms with Crippen LogP contribution in [0.4, 0.5) is 10.1 Å². The number of hydrogen-bond acceptors (Lipinski definition) is 3. The molecule has 2 aromatic carbocycles. The van der Waals surface area contributed by atoms with Gasteiger partial charge in [-0.15, -0.1) is 12.4 Å². The number of fused-ring (bicyclic) bond motifs is 1. The summed E-state index contributed by atoms with van der Waals surface area (Å²) in [7, 11) is 0. The van der Waals surface area contributed by atoms with Gasteiger partial charge in [-0.25, -0.2) is 9.18 Å². The summed E-state index contributed by atoms with van der Waals surface area (Å²) in [5.74, 6) is 1.18. The van der Waals surface area contributed by atoms with Gasteiger partial charge in [-0.1, -0.05) is 0 Å². The van der Waals surface area contributed by atoms with E-state index in [1.54, 1.807) is 12.1 Å². The fourth-order valence-corrected chi connectivity index (χ4v) is 2.57. The van der Waals surface area contributed by atoms with E-state index < -0.39 is 0 Å². The molecule has 0 spiro atoms. The lowest BCUT2D eigenvalue weighted by atomic mass is 10.2. The van der Waals surface area contributed by atoms with Crippen LogP contribution in [-0.2, 0) is 6.54 Å². The molecule has 0 bridgehead atoms. The molecule has 128 valence electrons. The molecule has 0 amide bonds. The standard InChI is InChI=1S/C18H14FN3O2.ClH/c19-12-3-1-11(2-4-12)17-8-6-14(24-17)10-20-13-5-7-15-16(9-13)22-18(23)21-15;/h1-9,20H,10H2,(H2,21,22,23);1H. The Labute approximate surface area is 148 Å². The minimum Gasteiger partial charge on any atom is -0.459 e. The van der Waals surface area contributed by atoms with E-state index in [1.165, 1.54) is 12.1 Å². The summed E-state index contributed by atoms with van der Waals surface area (Å²) in [5.41, 5.74) is 2.99.